The van der Waals surface area contributed by atoms with Crippen molar-refractivity contribution >= 4 is 11.9 Å². The maximum Gasteiger partial charge on any atom is 0.321 e. The van der Waals surface area contributed by atoms with E-state index in [1.807, 2.05) is 13.8 Å². The minimum Gasteiger partial charge on any atom is -0.377 e. The van der Waals surface area contributed by atoms with Crippen molar-refractivity contribution in [1.29, 1.82) is 0 Å². The average molecular weight is 245 g/mol. The van der Waals surface area contributed by atoms with Crippen molar-refractivity contribution in [3.63, 3.8) is 0 Å². The number of nitrogens with one attached hydrogen (secondary N) is 3. The second-order valence-corrected chi connectivity index (χ2v) is 3.74. The summed E-state index contributed by atoms with van der Waals surface area (Å²) in [4.78, 5) is 22.6. The van der Waals surface area contributed by atoms with E-state index in [4.69, 9.17) is 4.74 Å². The van der Waals surface area contributed by atoms with Gasteiger partial charge in [-0.3, -0.25) is 10.1 Å². The summed E-state index contributed by atoms with van der Waals surface area (Å²) >= 11 is 0. The summed E-state index contributed by atoms with van der Waals surface area (Å²) in [5.74, 6) is -0.348. The first-order valence-corrected chi connectivity index (χ1v) is 5.94. The van der Waals surface area contributed by atoms with Crippen LogP contribution in [0.5, 0.6) is 0 Å². The molecule has 0 bridgehead atoms. The van der Waals surface area contributed by atoms with Gasteiger partial charge in [0.2, 0.25) is 5.91 Å². The van der Waals surface area contributed by atoms with Crippen LogP contribution >= 0.6 is 0 Å². The van der Waals surface area contributed by atoms with Gasteiger partial charge in [-0.05, 0) is 27.7 Å². The Morgan fingerprint density at radius 2 is 1.88 bits per heavy atom. The molecule has 100 valence electrons. The predicted octanol–water partition coefficient (Wildman–Crippen LogP) is 0.235. The smallest absolute Gasteiger partial charge is 0.321 e. The summed E-state index contributed by atoms with van der Waals surface area (Å²) in [7, 11) is 0. The van der Waals surface area contributed by atoms with Crippen LogP contribution in [0.2, 0.25) is 0 Å². The number of rotatable bonds is 7. The summed E-state index contributed by atoms with van der Waals surface area (Å²) in [5, 5.41) is 7.73. The van der Waals surface area contributed by atoms with Crippen LogP contribution in [0.15, 0.2) is 0 Å². The van der Waals surface area contributed by atoms with Crippen LogP contribution < -0.4 is 16.0 Å². The van der Waals surface area contributed by atoms with Gasteiger partial charge in [-0.15, -0.1) is 0 Å². The number of ether oxygens (including phenoxy) is 1. The minimum atomic E-state index is -0.469. The van der Waals surface area contributed by atoms with E-state index >= 15 is 0 Å². The lowest BCUT2D eigenvalue weighted by Gasteiger charge is -2.17. The Morgan fingerprint density at radius 1 is 1.24 bits per heavy atom. The van der Waals surface area contributed by atoms with Crippen LogP contribution in [-0.4, -0.2) is 43.8 Å². The molecule has 0 aliphatic heterocycles. The first-order valence-electron chi connectivity index (χ1n) is 5.94. The number of carbonyl (C=O) groups excluding carboxylic acids is 2. The van der Waals surface area contributed by atoms with Crippen molar-refractivity contribution in [2.75, 3.05) is 19.7 Å². The molecule has 0 spiro atoms. The highest BCUT2D eigenvalue weighted by atomic mass is 16.5. The first kappa shape index (κ1) is 15.9. The Balaban J connectivity index is 3.85. The summed E-state index contributed by atoms with van der Waals surface area (Å²) in [6, 6.07) is -0.899. The molecule has 3 N–H and O–H groups in total. The van der Waals surface area contributed by atoms with Crippen molar-refractivity contribution in [2.45, 2.75) is 39.8 Å². The second-order valence-electron chi connectivity index (χ2n) is 3.74. The number of urea groups is 1. The third kappa shape index (κ3) is 7.70. The van der Waals surface area contributed by atoms with Gasteiger partial charge in [0.05, 0.1) is 12.1 Å². The van der Waals surface area contributed by atoms with Gasteiger partial charge in [-0.1, -0.05) is 0 Å². The van der Waals surface area contributed by atoms with Gasteiger partial charge in [0.25, 0.3) is 0 Å². The number of imide groups is 1. The fourth-order valence-corrected chi connectivity index (χ4v) is 1.20. The van der Waals surface area contributed by atoms with Crippen LogP contribution in [0.3, 0.4) is 0 Å². The third-order valence-electron chi connectivity index (χ3n) is 2.13. The zero-order valence-corrected chi connectivity index (χ0v) is 11.0. The fourth-order valence-electron chi connectivity index (χ4n) is 1.20. The Hall–Kier alpha value is -1.14. The zero-order chi connectivity index (χ0) is 13.3. The number of hydrogen-bond acceptors (Lipinski definition) is 4. The molecule has 0 heterocycles. The SMILES string of the molecule is CCNC(=O)NC(=O)C(C)NCC(C)OCC. The predicted molar refractivity (Wildman–Crippen MR) is 65.8 cm³/mol. The minimum absolute atomic E-state index is 0.0414. The lowest BCUT2D eigenvalue weighted by Crippen LogP contribution is -2.49. The Labute approximate surface area is 102 Å². The normalized spacial score (nSPS) is 13.9. The van der Waals surface area contributed by atoms with Crippen LogP contribution in [0, 0.1) is 0 Å². The summed E-state index contributed by atoms with van der Waals surface area (Å²) in [5.41, 5.74) is 0. The molecule has 0 aromatic heterocycles. The Kier molecular flexibility index (Phi) is 8.35. The van der Waals surface area contributed by atoms with Crippen molar-refractivity contribution in [3.8, 4) is 0 Å². The molecular formula is C11H23N3O3. The summed E-state index contributed by atoms with van der Waals surface area (Å²) in [6.45, 7) is 9.03. The topological polar surface area (TPSA) is 79.5 Å². The molecule has 2 atom stereocenters. The first-order chi connectivity index (χ1) is 8.01. The largest absolute Gasteiger partial charge is 0.377 e. The van der Waals surface area contributed by atoms with E-state index in [1.165, 1.54) is 0 Å². The molecule has 0 fully saturated rings. The molecule has 0 aromatic rings. The molecule has 3 amide bonds. The zero-order valence-electron chi connectivity index (χ0n) is 11.0. The molecule has 0 radical (unpaired) electrons. The van der Waals surface area contributed by atoms with Gasteiger partial charge in [0, 0.05) is 19.7 Å². The van der Waals surface area contributed by atoms with Gasteiger partial charge < -0.3 is 15.4 Å². The van der Waals surface area contributed by atoms with Gasteiger partial charge in [-0.2, -0.15) is 0 Å². The Morgan fingerprint density at radius 3 is 2.41 bits per heavy atom. The average Bonchev–Trinajstić information content (AvgIpc) is 2.26. The van der Waals surface area contributed by atoms with E-state index in [-0.39, 0.29) is 12.0 Å². The molecular weight excluding hydrogens is 222 g/mol. The molecule has 6 nitrogen and oxygen atoms in total. The molecule has 0 saturated carbocycles. The van der Waals surface area contributed by atoms with Crippen LogP contribution in [0.4, 0.5) is 4.79 Å². The molecule has 17 heavy (non-hydrogen) atoms. The van der Waals surface area contributed by atoms with E-state index in [0.717, 1.165) is 0 Å². The molecule has 0 rings (SSSR count). The number of hydrogen-bond donors (Lipinski definition) is 3. The van der Waals surface area contributed by atoms with Crippen LogP contribution in [0.25, 0.3) is 0 Å². The maximum atomic E-state index is 11.5. The van der Waals surface area contributed by atoms with E-state index in [2.05, 4.69) is 16.0 Å². The number of amides is 3. The highest BCUT2D eigenvalue weighted by molar-refractivity contribution is 5.96. The quantitative estimate of drug-likeness (QED) is 0.600. The molecule has 0 aliphatic rings. The summed E-state index contributed by atoms with van der Waals surface area (Å²) in [6.07, 6.45) is 0.0414. The van der Waals surface area contributed by atoms with Crippen molar-refractivity contribution in [3.05, 3.63) is 0 Å². The van der Waals surface area contributed by atoms with Gasteiger partial charge in [0.15, 0.2) is 0 Å². The molecule has 0 aliphatic carbocycles. The van der Waals surface area contributed by atoms with E-state index in [0.29, 0.717) is 19.7 Å². The van der Waals surface area contributed by atoms with E-state index in [9.17, 15) is 9.59 Å². The second kappa shape index (κ2) is 8.95. The Bertz CT molecular complexity index is 246. The molecule has 0 saturated heterocycles. The molecule has 6 heteroatoms. The van der Waals surface area contributed by atoms with Gasteiger partial charge >= 0.3 is 6.03 Å². The molecule has 0 aromatic carbocycles. The monoisotopic (exact) mass is 245 g/mol. The fraction of sp³-hybridized carbons (Fsp3) is 0.818. The van der Waals surface area contributed by atoms with Gasteiger partial charge in [-0.25, -0.2) is 4.79 Å². The standard InChI is InChI=1S/C11H23N3O3/c1-5-12-11(16)14-10(15)9(4)13-7-8(3)17-6-2/h8-9,13H,5-7H2,1-4H3,(H2,12,14,15,16). The number of carbonyl (C=O) groups is 2. The van der Waals surface area contributed by atoms with Crippen LogP contribution in [-0.2, 0) is 9.53 Å². The highest BCUT2D eigenvalue weighted by Gasteiger charge is 2.15. The van der Waals surface area contributed by atoms with Crippen molar-refractivity contribution in [1.82, 2.24) is 16.0 Å². The van der Waals surface area contributed by atoms with Crippen molar-refractivity contribution < 1.29 is 14.3 Å². The third-order valence-corrected chi connectivity index (χ3v) is 2.13. The van der Waals surface area contributed by atoms with Crippen LogP contribution in [0.1, 0.15) is 27.7 Å². The highest BCUT2D eigenvalue weighted by Crippen LogP contribution is 1.90. The lowest BCUT2D eigenvalue weighted by molar-refractivity contribution is -0.121. The van der Waals surface area contributed by atoms with E-state index in [1.54, 1.807) is 13.8 Å². The lowest BCUT2D eigenvalue weighted by atomic mass is 10.3. The molecule has 2 unspecified atom stereocenters. The van der Waals surface area contributed by atoms with Gasteiger partial charge in [0.1, 0.15) is 0 Å². The van der Waals surface area contributed by atoms with Crippen molar-refractivity contribution in [2.24, 2.45) is 0 Å². The summed E-state index contributed by atoms with van der Waals surface area (Å²) < 4.78 is 5.32. The van der Waals surface area contributed by atoms with E-state index < -0.39 is 12.1 Å². The maximum absolute atomic E-state index is 11.5.